The lowest BCUT2D eigenvalue weighted by molar-refractivity contribution is 0.485. The second-order valence-corrected chi connectivity index (χ2v) is 18.7. The third kappa shape index (κ3) is 3.93. The predicted octanol–water partition coefficient (Wildman–Crippen LogP) is 11.6. The van der Waals surface area contributed by atoms with Crippen molar-refractivity contribution >= 4 is 82.8 Å². The Balaban J connectivity index is 1.18. The molecule has 0 saturated carbocycles. The van der Waals surface area contributed by atoms with Crippen molar-refractivity contribution in [2.45, 2.75) is 71.6 Å². The minimum Gasteiger partial charge on any atom is -0.458 e. The van der Waals surface area contributed by atoms with Crippen LogP contribution in [0.25, 0.3) is 43.2 Å². The predicted molar refractivity (Wildman–Crippen MR) is 228 cm³/mol. The molecule has 0 saturated heterocycles. The van der Waals surface area contributed by atoms with Gasteiger partial charge in [-0.3, -0.25) is 0 Å². The van der Waals surface area contributed by atoms with Crippen molar-refractivity contribution < 1.29 is 9.15 Å². The second kappa shape index (κ2) is 10.3. The zero-order chi connectivity index (χ0) is 36.4. The summed E-state index contributed by atoms with van der Waals surface area (Å²) in [5.74, 6) is 1.95. The highest BCUT2D eigenvalue weighted by molar-refractivity contribution is 7.33. The molecular formula is C49H40BNO2S. The van der Waals surface area contributed by atoms with E-state index in [-0.39, 0.29) is 17.5 Å². The quantitative estimate of drug-likeness (QED) is 0.158. The molecule has 0 amide bonds. The molecular weight excluding hydrogens is 677 g/mol. The third-order valence-corrected chi connectivity index (χ3v) is 14.3. The summed E-state index contributed by atoms with van der Waals surface area (Å²) in [6, 6.07) is 36.6. The first kappa shape index (κ1) is 31.1. The first-order chi connectivity index (χ1) is 26.1. The average molecular weight is 718 g/mol. The lowest BCUT2D eigenvalue weighted by Crippen LogP contribution is -2.58. The van der Waals surface area contributed by atoms with E-state index in [4.69, 9.17) is 9.15 Å². The number of aryl methyl sites for hydroxylation is 2. The molecule has 8 aromatic rings. The Morgan fingerprint density at radius 1 is 0.778 bits per heavy atom. The van der Waals surface area contributed by atoms with E-state index in [1.54, 1.807) is 5.56 Å². The third-order valence-electron chi connectivity index (χ3n) is 13.0. The minimum absolute atomic E-state index is 0.00913. The van der Waals surface area contributed by atoms with Gasteiger partial charge in [0.25, 0.3) is 6.71 Å². The van der Waals surface area contributed by atoms with Gasteiger partial charge in [-0.1, -0.05) is 89.2 Å². The van der Waals surface area contributed by atoms with Crippen LogP contribution in [0.15, 0.2) is 101 Å². The highest BCUT2D eigenvalue weighted by atomic mass is 32.1. The topological polar surface area (TPSA) is 25.6 Å². The van der Waals surface area contributed by atoms with Crippen LogP contribution in [0.5, 0.6) is 11.5 Å². The molecule has 0 radical (unpaired) electrons. The molecule has 0 N–H and O–H groups in total. The maximum absolute atomic E-state index is 7.14. The summed E-state index contributed by atoms with van der Waals surface area (Å²) in [5, 5.41) is 3.57. The van der Waals surface area contributed by atoms with E-state index in [1.807, 2.05) is 11.3 Å². The molecule has 5 heteroatoms. The maximum Gasteiger partial charge on any atom is 0.268 e. The van der Waals surface area contributed by atoms with Crippen molar-refractivity contribution in [2.75, 3.05) is 4.90 Å². The summed E-state index contributed by atoms with van der Waals surface area (Å²) in [4.78, 5) is 2.51. The summed E-state index contributed by atoms with van der Waals surface area (Å²) in [7, 11) is 0. The van der Waals surface area contributed by atoms with Gasteiger partial charge >= 0.3 is 0 Å². The Hall–Kier alpha value is -5.26. The molecule has 2 aliphatic carbocycles. The van der Waals surface area contributed by atoms with Crippen LogP contribution in [-0.4, -0.2) is 6.71 Å². The molecule has 0 spiro atoms. The first-order valence-corrected chi connectivity index (χ1v) is 20.3. The maximum atomic E-state index is 7.14. The van der Waals surface area contributed by atoms with E-state index in [1.165, 1.54) is 88.9 Å². The number of rotatable bonds is 1. The second-order valence-electron chi connectivity index (χ2n) is 17.6. The van der Waals surface area contributed by atoms with Crippen molar-refractivity contribution in [3.8, 4) is 22.6 Å². The largest absolute Gasteiger partial charge is 0.458 e. The van der Waals surface area contributed by atoms with Crippen LogP contribution in [0.2, 0.25) is 0 Å². The first-order valence-electron chi connectivity index (χ1n) is 19.5. The van der Waals surface area contributed by atoms with Gasteiger partial charge in [-0.2, -0.15) is 0 Å². The monoisotopic (exact) mass is 717 g/mol. The summed E-state index contributed by atoms with van der Waals surface area (Å²) >= 11 is 1.95. The molecule has 2 aromatic heterocycles. The number of ether oxygens (including phenoxy) is 1. The van der Waals surface area contributed by atoms with Gasteiger partial charge in [0.05, 0.1) is 11.4 Å². The van der Waals surface area contributed by atoms with Crippen LogP contribution in [0.1, 0.15) is 74.4 Å². The van der Waals surface area contributed by atoms with Crippen molar-refractivity contribution in [3.05, 3.63) is 130 Å². The fourth-order valence-electron chi connectivity index (χ4n) is 10.4. The summed E-state index contributed by atoms with van der Waals surface area (Å²) in [6.45, 7) is 14.0. The van der Waals surface area contributed by atoms with E-state index in [0.29, 0.717) is 0 Å². The fourth-order valence-corrected chi connectivity index (χ4v) is 11.7. The zero-order valence-corrected chi connectivity index (χ0v) is 32.4. The number of hydrogen-bond acceptors (Lipinski definition) is 4. The molecule has 12 rings (SSSR count). The Kier molecular flexibility index (Phi) is 5.93. The Labute approximate surface area is 320 Å². The fraction of sp³-hybridized carbons (Fsp3) is 0.224. The van der Waals surface area contributed by atoms with Gasteiger partial charge < -0.3 is 14.1 Å². The van der Waals surface area contributed by atoms with Gasteiger partial charge in [-0.25, -0.2) is 0 Å². The number of fused-ring (bicyclic) bond motifs is 14. The van der Waals surface area contributed by atoms with Crippen LogP contribution in [0.4, 0.5) is 17.1 Å². The number of anilines is 3. The van der Waals surface area contributed by atoms with E-state index >= 15 is 0 Å². The molecule has 0 unspecified atom stereocenters. The zero-order valence-electron chi connectivity index (χ0n) is 31.6. The van der Waals surface area contributed by atoms with Gasteiger partial charge in [0.1, 0.15) is 17.1 Å². The normalized spacial score (nSPS) is 16.0. The standard InChI is InChI=1S/C49H40BNO2S/c1-26-21-38-44-41(22-26)52-40-25-35-32(43-29-13-9-11-27(29)17-19-34(43)49(35,5)6)24-36(40)50(44)47-45(33-23-28(48(2,3)4)18-20-42(33)54-47)51(38)37-15-10-14-31-30-12-7-8-16-39(30)53-46(31)37/h7-8,10,12,14-25H,9,11,13H2,1-6H3. The number of benzene rings is 6. The molecule has 0 atom stereocenters. The van der Waals surface area contributed by atoms with E-state index in [2.05, 4.69) is 144 Å². The lowest BCUT2D eigenvalue weighted by atomic mass is 9.36. The molecule has 6 aromatic carbocycles. The van der Waals surface area contributed by atoms with Crippen LogP contribution < -0.4 is 25.3 Å². The number of para-hydroxylation sites is 2. The van der Waals surface area contributed by atoms with E-state index < -0.39 is 0 Å². The Morgan fingerprint density at radius 2 is 1.63 bits per heavy atom. The summed E-state index contributed by atoms with van der Waals surface area (Å²) in [6.07, 6.45) is 3.58. The molecule has 54 heavy (non-hydrogen) atoms. The average Bonchev–Trinajstić information content (AvgIpc) is 3.92. The van der Waals surface area contributed by atoms with Crippen LogP contribution in [-0.2, 0) is 23.7 Å². The van der Waals surface area contributed by atoms with Crippen LogP contribution in [0, 0.1) is 6.92 Å². The Morgan fingerprint density at radius 3 is 2.50 bits per heavy atom. The van der Waals surface area contributed by atoms with Gasteiger partial charge in [0, 0.05) is 36.7 Å². The number of thiophene rings is 1. The summed E-state index contributed by atoms with van der Waals surface area (Å²) < 4.78 is 16.6. The highest BCUT2D eigenvalue weighted by Crippen LogP contribution is 2.54. The van der Waals surface area contributed by atoms with Crippen molar-refractivity contribution in [1.29, 1.82) is 0 Å². The Bertz CT molecular complexity index is 2990. The van der Waals surface area contributed by atoms with Gasteiger partial charge in [-0.05, 0) is 129 Å². The number of hydrogen-bond donors (Lipinski definition) is 0. The highest BCUT2D eigenvalue weighted by Gasteiger charge is 2.47. The molecule has 0 bridgehead atoms. The smallest absolute Gasteiger partial charge is 0.268 e. The van der Waals surface area contributed by atoms with Crippen molar-refractivity contribution in [2.24, 2.45) is 0 Å². The van der Waals surface area contributed by atoms with Crippen molar-refractivity contribution in [1.82, 2.24) is 0 Å². The van der Waals surface area contributed by atoms with Gasteiger partial charge in [0.15, 0.2) is 5.58 Å². The minimum atomic E-state index is -0.0977. The van der Waals surface area contributed by atoms with Crippen molar-refractivity contribution in [3.63, 3.8) is 0 Å². The molecule has 3 nitrogen and oxygen atoms in total. The molecule has 4 aliphatic rings. The van der Waals surface area contributed by atoms with Crippen LogP contribution in [0.3, 0.4) is 0 Å². The molecule has 2 aliphatic heterocycles. The van der Waals surface area contributed by atoms with Gasteiger partial charge in [-0.15, -0.1) is 11.3 Å². The van der Waals surface area contributed by atoms with E-state index in [0.717, 1.165) is 45.5 Å². The SMILES string of the molecule is Cc1cc2c3c(c1)N(c1cccc4c1oc1ccccc14)c1c(sc4ccc(C(C)(C)C)cc14)B3c1cc3c(cc1O2)C(C)(C)c1ccc2c(c1-3)CCC2. The molecule has 4 heterocycles. The summed E-state index contributed by atoms with van der Waals surface area (Å²) in [5.41, 5.74) is 19.1. The van der Waals surface area contributed by atoms with Crippen LogP contribution >= 0.6 is 11.3 Å². The van der Waals surface area contributed by atoms with Gasteiger partial charge in [0.2, 0.25) is 0 Å². The van der Waals surface area contributed by atoms with E-state index in [9.17, 15) is 0 Å². The molecule has 0 fully saturated rings. The molecule has 262 valence electrons. The number of nitrogens with zero attached hydrogens (tertiary/aromatic N) is 1. The lowest BCUT2D eigenvalue weighted by Gasteiger charge is -2.39. The number of furan rings is 1.